The van der Waals surface area contributed by atoms with Gasteiger partial charge in [0.25, 0.3) is 5.91 Å². The summed E-state index contributed by atoms with van der Waals surface area (Å²) < 4.78 is 16.4. The van der Waals surface area contributed by atoms with Crippen LogP contribution in [0.3, 0.4) is 0 Å². The molecule has 0 atom stereocenters. The van der Waals surface area contributed by atoms with Crippen LogP contribution < -0.4 is 10.6 Å². The molecule has 0 aliphatic rings. The van der Waals surface area contributed by atoms with Crippen LogP contribution in [0.1, 0.15) is 10.6 Å². The number of amides is 2. The Morgan fingerprint density at radius 3 is 2.46 bits per heavy atom. The van der Waals surface area contributed by atoms with E-state index in [2.05, 4.69) is 30.8 Å². The van der Waals surface area contributed by atoms with Crippen LogP contribution in [-0.4, -0.2) is 47.9 Å². The van der Waals surface area contributed by atoms with Gasteiger partial charge in [-0.3, -0.25) is 9.59 Å². The summed E-state index contributed by atoms with van der Waals surface area (Å²) in [7, 11) is 0. The largest absolute Gasteiger partial charge is 0.340 e. The van der Waals surface area contributed by atoms with Crippen LogP contribution in [-0.2, 0) is 4.79 Å². The smallest absolute Gasteiger partial charge is 0.291 e. The predicted molar refractivity (Wildman–Crippen MR) is 127 cm³/mol. The summed E-state index contributed by atoms with van der Waals surface area (Å²) >= 11 is 1.43. The zero-order valence-corrected chi connectivity index (χ0v) is 18.8. The highest BCUT2D eigenvalue weighted by Crippen LogP contribution is 2.25. The molecular weight excluding hydrogens is 471 g/mol. The van der Waals surface area contributed by atoms with Crippen molar-refractivity contribution in [1.82, 2.24) is 34.8 Å². The highest BCUT2D eigenvalue weighted by molar-refractivity contribution is 7.13. The van der Waals surface area contributed by atoms with Gasteiger partial charge in [-0.2, -0.15) is 5.10 Å². The van der Waals surface area contributed by atoms with Crippen molar-refractivity contribution in [3.8, 4) is 22.1 Å². The van der Waals surface area contributed by atoms with Gasteiger partial charge in [0.1, 0.15) is 18.5 Å². The van der Waals surface area contributed by atoms with E-state index in [4.69, 9.17) is 0 Å². The fraction of sp³-hybridized carbons (Fsp3) is 0.0435. The number of aromatic nitrogens is 6. The maximum atomic E-state index is 13.4. The summed E-state index contributed by atoms with van der Waals surface area (Å²) in [5, 5.41) is 15.5. The number of hydrogen-bond acceptors (Lipinski definition) is 7. The van der Waals surface area contributed by atoms with Crippen molar-refractivity contribution in [2.45, 2.75) is 0 Å². The normalized spacial score (nSPS) is 10.8. The minimum absolute atomic E-state index is 0.109. The molecule has 3 heterocycles. The molecule has 174 valence electrons. The van der Waals surface area contributed by atoms with E-state index in [1.807, 2.05) is 17.5 Å². The number of nitrogens with one attached hydrogen (secondary N) is 2. The number of halogens is 1. The summed E-state index contributed by atoms with van der Waals surface area (Å²) in [5.74, 6) is -1.08. The molecule has 5 aromatic rings. The van der Waals surface area contributed by atoms with E-state index in [1.54, 1.807) is 47.4 Å². The van der Waals surface area contributed by atoms with Crippen LogP contribution >= 0.6 is 11.3 Å². The van der Waals surface area contributed by atoms with E-state index in [0.29, 0.717) is 17.2 Å². The molecule has 0 aliphatic carbocycles. The molecule has 2 aromatic carbocycles. The van der Waals surface area contributed by atoms with Gasteiger partial charge in [-0.15, -0.1) is 16.4 Å². The van der Waals surface area contributed by atoms with E-state index >= 15 is 0 Å². The Bertz CT molecular complexity index is 1450. The molecule has 0 saturated heterocycles. The number of thiophene rings is 1. The minimum atomic E-state index is -0.611. The van der Waals surface area contributed by atoms with E-state index in [0.717, 1.165) is 10.6 Å². The Hall–Kier alpha value is -4.71. The lowest BCUT2D eigenvalue weighted by Gasteiger charge is -2.07. The lowest BCUT2D eigenvalue weighted by Crippen LogP contribution is -2.33. The molecule has 0 bridgehead atoms. The highest BCUT2D eigenvalue weighted by atomic mass is 32.1. The zero-order chi connectivity index (χ0) is 24.2. The molecule has 0 spiro atoms. The van der Waals surface area contributed by atoms with E-state index in [9.17, 15) is 14.0 Å². The van der Waals surface area contributed by atoms with Gasteiger partial charge < -0.3 is 10.6 Å². The monoisotopic (exact) mass is 488 g/mol. The molecule has 35 heavy (non-hydrogen) atoms. The Morgan fingerprint density at radius 1 is 1.00 bits per heavy atom. The van der Waals surface area contributed by atoms with Crippen molar-refractivity contribution >= 4 is 28.8 Å². The third-order valence-electron chi connectivity index (χ3n) is 4.87. The molecule has 10 nitrogen and oxygen atoms in total. The number of benzene rings is 2. The van der Waals surface area contributed by atoms with Gasteiger partial charge in [0.05, 0.1) is 22.8 Å². The molecule has 0 radical (unpaired) electrons. The Balaban J connectivity index is 1.26. The van der Waals surface area contributed by atoms with Gasteiger partial charge in [0.15, 0.2) is 5.82 Å². The predicted octanol–water partition coefficient (Wildman–Crippen LogP) is 3.08. The molecule has 2 N–H and O–H groups in total. The molecule has 0 aliphatic heterocycles. The third kappa shape index (κ3) is 4.96. The number of carbonyl (C=O) groups excluding carboxylic acids is 2. The fourth-order valence-electron chi connectivity index (χ4n) is 3.22. The number of rotatable bonds is 7. The standard InChI is InChI=1S/C23H17FN8O2S/c24-15-3-7-18(8-4-15)32-22(19-2-1-11-35-19)29-21(30-32)23(34)26-12-20(33)28-16-5-9-17(10-6-16)31-14-25-13-27-31/h1-11,13-14H,12H2,(H,26,34)(H,28,33). The first-order chi connectivity index (χ1) is 17.1. The average molecular weight is 489 g/mol. The topological polar surface area (TPSA) is 120 Å². The maximum Gasteiger partial charge on any atom is 0.291 e. The van der Waals surface area contributed by atoms with Crippen molar-refractivity contribution in [2.75, 3.05) is 11.9 Å². The molecule has 0 fully saturated rings. The van der Waals surface area contributed by atoms with Crippen LogP contribution in [0, 0.1) is 5.82 Å². The van der Waals surface area contributed by atoms with Crippen molar-refractivity contribution in [3.63, 3.8) is 0 Å². The maximum absolute atomic E-state index is 13.4. The molecule has 2 amide bonds. The van der Waals surface area contributed by atoms with Crippen molar-refractivity contribution < 1.29 is 14.0 Å². The van der Waals surface area contributed by atoms with Crippen LogP contribution in [0.5, 0.6) is 0 Å². The highest BCUT2D eigenvalue weighted by Gasteiger charge is 2.20. The first-order valence-corrected chi connectivity index (χ1v) is 11.2. The summed E-state index contributed by atoms with van der Waals surface area (Å²) in [6.45, 7) is -0.275. The van der Waals surface area contributed by atoms with Crippen molar-refractivity contribution in [1.29, 1.82) is 0 Å². The average Bonchev–Trinajstić information content (AvgIpc) is 3.65. The summed E-state index contributed by atoms with van der Waals surface area (Å²) in [4.78, 5) is 34.1. The van der Waals surface area contributed by atoms with Gasteiger partial charge in [-0.1, -0.05) is 6.07 Å². The molecule has 5 rings (SSSR count). The molecule has 3 aromatic heterocycles. The lowest BCUT2D eigenvalue weighted by atomic mass is 10.3. The van der Waals surface area contributed by atoms with Crippen LogP contribution in [0.2, 0.25) is 0 Å². The van der Waals surface area contributed by atoms with E-state index < -0.39 is 11.8 Å². The van der Waals surface area contributed by atoms with Gasteiger partial charge in [0, 0.05) is 5.69 Å². The molecule has 12 heteroatoms. The quantitative estimate of drug-likeness (QED) is 0.363. The van der Waals surface area contributed by atoms with E-state index in [1.165, 1.54) is 34.5 Å². The minimum Gasteiger partial charge on any atom is -0.340 e. The van der Waals surface area contributed by atoms with Gasteiger partial charge in [0.2, 0.25) is 11.7 Å². The second kappa shape index (κ2) is 9.65. The Labute approximate surface area is 202 Å². The van der Waals surface area contributed by atoms with Gasteiger partial charge in [-0.05, 0) is 60.0 Å². The van der Waals surface area contributed by atoms with Crippen molar-refractivity contribution in [3.05, 3.63) is 90.3 Å². The molecule has 0 unspecified atom stereocenters. The number of nitrogens with zero attached hydrogens (tertiary/aromatic N) is 6. The molecular formula is C23H17FN8O2S. The Kier molecular flexibility index (Phi) is 6.09. The van der Waals surface area contributed by atoms with Gasteiger partial charge >= 0.3 is 0 Å². The third-order valence-corrected chi connectivity index (χ3v) is 5.73. The number of hydrogen-bond donors (Lipinski definition) is 2. The van der Waals surface area contributed by atoms with Crippen LogP contribution in [0.4, 0.5) is 10.1 Å². The second-order valence-electron chi connectivity index (χ2n) is 7.24. The summed E-state index contributed by atoms with van der Waals surface area (Å²) in [6.07, 6.45) is 3.00. The van der Waals surface area contributed by atoms with Gasteiger partial charge in [-0.25, -0.2) is 23.7 Å². The van der Waals surface area contributed by atoms with Crippen LogP contribution in [0.25, 0.3) is 22.1 Å². The lowest BCUT2D eigenvalue weighted by molar-refractivity contribution is -0.115. The second-order valence-corrected chi connectivity index (χ2v) is 8.19. The molecule has 0 saturated carbocycles. The Morgan fingerprint density at radius 2 is 1.77 bits per heavy atom. The van der Waals surface area contributed by atoms with E-state index in [-0.39, 0.29) is 18.2 Å². The fourth-order valence-corrected chi connectivity index (χ4v) is 3.92. The van der Waals surface area contributed by atoms with Crippen LogP contribution in [0.15, 0.2) is 78.7 Å². The SMILES string of the molecule is O=C(CNC(=O)c1nc(-c2cccs2)n(-c2ccc(F)cc2)n1)Nc1ccc(-n2cncn2)cc1. The first kappa shape index (κ1) is 22.1. The number of anilines is 1. The number of carbonyl (C=O) groups is 2. The summed E-state index contributed by atoms with van der Waals surface area (Å²) in [6, 6.07) is 16.4. The van der Waals surface area contributed by atoms with Crippen molar-refractivity contribution in [2.24, 2.45) is 0 Å². The zero-order valence-electron chi connectivity index (χ0n) is 18.0. The summed E-state index contributed by atoms with van der Waals surface area (Å²) in [5.41, 5.74) is 1.90. The first-order valence-electron chi connectivity index (χ1n) is 10.4.